The molecule has 6 nitrogen and oxygen atoms in total. The van der Waals surface area contributed by atoms with Crippen LogP contribution >= 0.6 is 0 Å². The van der Waals surface area contributed by atoms with Gasteiger partial charge in [-0.3, -0.25) is 0 Å². The lowest BCUT2D eigenvalue weighted by Gasteiger charge is -2.26. The molecule has 0 bridgehead atoms. The standard InChI is InChI=1S/C21H35N3O3/c1-5-21(25,6-2)15-24-20(22-7-3)23-13-17-9-8-16(4)12-19(17)27-18-10-11-26-14-18/h8-9,12,18,25H,5-7,10-11,13-15H2,1-4H3,(H2,22,23,24). The number of benzene rings is 1. The summed E-state index contributed by atoms with van der Waals surface area (Å²) in [5, 5.41) is 17.0. The Morgan fingerprint density at radius 2 is 2.07 bits per heavy atom. The van der Waals surface area contributed by atoms with Crippen molar-refractivity contribution in [2.24, 2.45) is 4.99 Å². The molecule has 1 aliphatic rings. The molecule has 1 atom stereocenters. The molecule has 1 fully saturated rings. The third-order valence-corrected chi connectivity index (χ3v) is 5.06. The number of aryl methyl sites for hydroxylation is 1. The smallest absolute Gasteiger partial charge is 0.191 e. The Morgan fingerprint density at radius 3 is 2.70 bits per heavy atom. The summed E-state index contributed by atoms with van der Waals surface area (Å²) in [6.07, 6.45) is 2.45. The number of aliphatic hydroxyl groups is 1. The molecular weight excluding hydrogens is 342 g/mol. The van der Waals surface area contributed by atoms with Crippen molar-refractivity contribution in [2.75, 3.05) is 26.3 Å². The van der Waals surface area contributed by atoms with Crippen LogP contribution in [-0.2, 0) is 11.3 Å². The van der Waals surface area contributed by atoms with Crippen molar-refractivity contribution in [3.63, 3.8) is 0 Å². The van der Waals surface area contributed by atoms with Gasteiger partial charge in [0.2, 0.25) is 0 Å². The Bertz CT molecular complexity index is 609. The van der Waals surface area contributed by atoms with E-state index in [1.165, 1.54) is 0 Å². The van der Waals surface area contributed by atoms with E-state index in [2.05, 4.69) is 35.8 Å². The molecule has 3 N–H and O–H groups in total. The van der Waals surface area contributed by atoms with Gasteiger partial charge in [0.15, 0.2) is 5.96 Å². The monoisotopic (exact) mass is 377 g/mol. The summed E-state index contributed by atoms with van der Waals surface area (Å²) < 4.78 is 11.6. The van der Waals surface area contributed by atoms with E-state index in [1.807, 2.05) is 20.8 Å². The number of rotatable bonds is 9. The topological polar surface area (TPSA) is 75.1 Å². The molecule has 0 amide bonds. The number of nitrogens with zero attached hydrogens (tertiary/aromatic N) is 1. The molecule has 152 valence electrons. The number of nitrogens with one attached hydrogen (secondary N) is 2. The first-order valence-electron chi connectivity index (χ1n) is 10.1. The van der Waals surface area contributed by atoms with Crippen LogP contribution in [0.1, 0.15) is 51.2 Å². The van der Waals surface area contributed by atoms with Crippen LogP contribution in [0.4, 0.5) is 0 Å². The Morgan fingerprint density at radius 1 is 1.30 bits per heavy atom. The van der Waals surface area contributed by atoms with Crippen molar-refractivity contribution in [3.05, 3.63) is 29.3 Å². The number of aliphatic imine (C=N–C) groups is 1. The summed E-state index contributed by atoms with van der Waals surface area (Å²) >= 11 is 0. The Hall–Kier alpha value is -1.79. The highest BCUT2D eigenvalue weighted by Crippen LogP contribution is 2.24. The van der Waals surface area contributed by atoms with Gasteiger partial charge in [-0.2, -0.15) is 0 Å². The molecule has 27 heavy (non-hydrogen) atoms. The summed E-state index contributed by atoms with van der Waals surface area (Å²) in [4.78, 5) is 4.69. The SMILES string of the molecule is CCNC(=NCc1ccc(C)cc1OC1CCOC1)NCC(O)(CC)CC. The van der Waals surface area contributed by atoms with E-state index in [9.17, 15) is 5.11 Å². The first kappa shape index (κ1) is 21.5. The van der Waals surface area contributed by atoms with Crippen LogP contribution in [0.5, 0.6) is 5.75 Å². The first-order valence-corrected chi connectivity index (χ1v) is 10.1. The summed E-state index contributed by atoms with van der Waals surface area (Å²) in [6, 6.07) is 6.22. The summed E-state index contributed by atoms with van der Waals surface area (Å²) in [5.41, 5.74) is 1.50. The van der Waals surface area contributed by atoms with Gasteiger partial charge < -0.3 is 25.2 Å². The van der Waals surface area contributed by atoms with Crippen LogP contribution in [0.15, 0.2) is 23.2 Å². The lowest BCUT2D eigenvalue weighted by molar-refractivity contribution is 0.0367. The van der Waals surface area contributed by atoms with Gasteiger partial charge in [-0.25, -0.2) is 4.99 Å². The minimum absolute atomic E-state index is 0.116. The van der Waals surface area contributed by atoms with Gasteiger partial charge in [0.1, 0.15) is 11.9 Å². The molecule has 0 spiro atoms. The van der Waals surface area contributed by atoms with Gasteiger partial charge >= 0.3 is 0 Å². The maximum absolute atomic E-state index is 10.5. The lowest BCUT2D eigenvalue weighted by atomic mass is 9.98. The highest BCUT2D eigenvalue weighted by molar-refractivity contribution is 5.79. The van der Waals surface area contributed by atoms with Crippen molar-refractivity contribution in [3.8, 4) is 5.75 Å². The van der Waals surface area contributed by atoms with E-state index >= 15 is 0 Å². The summed E-state index contributed by atoms with van der Waals surface area (Å²) in [5.74, 6) is 1.58. The molecule has 1 unspecified atom stereocenters. The van der Waals surface area contributed by atoms with Gasteiger partial charge in [0.05, 0.1) is 25.4 Å². The Kier molecular flexibility index (Phi) is 8.38. The maximum atomic E-state index is 10.5. The maximum Gasteiger partial charge on any atom is 0.191 e. The number of hydrogen-bond donors (Lipinski definition) is 3. The van der Waals surface area contributed by atoms with E-state index in [1.54, 1.807) is 0 Å². The van der Waals surface area contributed by atoms with Crippen molar-refractivity contribution >= 4 is 5.96 Å². The molecule has 0 saturated carbocycles. The van der Waals surface area contributed by atoms with Crippen molar-refractivity contribution in [1.82, 2.24) is 10.6 Å². The van der Waals surface area contributed by atoms with Crippen molar-refractivity contribution in [2.45, 2.75) is 65.2 Å². The zero-order chi connectivity index (χ0) is 19.7. The second-order valence-corrected chi connectivity index (χ2v) is 7.19. The van der Waals surface area contributed by atoms with Gasteiger partial charge in [-0.05, 0) is 38.3 Å². The molecule has 1 heterocycles. The molecule has 1 aliphatic heterocycles. The fourth-order valence-electron chi connectivity index (χ4n) is 2.94. The fraction of sp³-hybridized carbons (Fsp3) is 0.667. The van der Waals surface area contributed by atoms with Gasteiger partial charge in [-0.15, -0.1) is 0 Å². The molecule has 0 radical (unpaired) electrons. The summed E-state index contributed by atoms with van der Waals surface area (Å²) in [7, 11) is 0. The first-order chi connectivity index (χ1) is 13.0. The van der Waals surface area contributed by atoms with E-state index in [4.69, 9.17) is 14.5 Å². The van der Waals surface area contributed by atoms with Crippen LogP contribution in [0.25, 0.3) is 0 Å². The second-order valence-electron chi connectivity index (χ2n) is 7.19. The molecular formula is C21H35N3O3. The van der Waals surface area contributed by atoms with Crippen LogP contribution in [0, 0.1) is 6.92 Å². The Balaban J connectivity index is 2.07. The molecule has 2 rings (SSSR count). The van der Waals surface area contributed by atoms with E-state index in [0.717, 1.165) is 36.4 Å². The van der Waals surface area contributed by atoms with E-state index in [-0.39, 0.29) is 6.10 Å². The minimum Gasteiger partial charge on any atom is -0.488 e. The van der Waals surface area contributed by atoms with Crippen molar-refractivity contribution in [1.29, 1.82) is 0 Å². The van der Waals surface area contributed by atoms with Crippen LogP contribution in [-0.4, -0.2) is 49.1 Å². The predicted octanol–water partition coefficient (Wildman–Crippen LogP) is 2.77. The predicted molar refractivity (Wildman–Crippen MR) is 109 cm³/mol. The van der Waals surface area contributed by atoms with Crippen LogP contribution < -0.4 is 15.4 Å². The van der Waals surface area contributed by atoms with Gasteiger partial charge in [-0.1, -0.05) is 26.0 Å². The number of guanidine groups is 1. The lowest BCUT2D eigenvalue weighted by Crippen LogP contribution is -2.46. The van der Waals surface area contributed by atoms with Crippen LogP contribution in [0.2, 0.25) is 0 Å². The minimum atomic E-state index is -0.712. The Labute approximate surface area is 163 Å². The highest BCUT2D eigenvalue weighted by atomic mass is 16.5. The zero-order valence-corrected chi connectivity index (χ0v) is 17.2. The van der Waals surface area contributed by atoms with E-state index < -0.39 is 5.60 Å². The average molecular weight is 378 g/mol. The quantitative estimate of drug-likeness (QED) is 0.456. The second kappa shape index (κ2) is 10.5. The van der Waals surface area contributed by atoms with Crippen LogP contribution in [0.3, 0.4) is 0 Å². The van der Waals surface area contributed by atoms with Gasteiger partial charge in [0, 0.05) is 25.1 Å². The van der Waals surface area contributed by atoms with Gasteiger partial charge in [0.25, 0.3) is 0 Å². The average Bonchev–Trinajstić information content (AvgIpc) is 3.18. The molecule has 6 heteroatoms. The highest BCUT2D eigenvalue weighted by Gasteiger charge is 2.22. The third-order valence-electron chi connectivity index (χ3n) is 5.06. The number of ether oxygens (including phenoxy) is 2. The molecule has 1 aromatic rings. The van der Waals surface area contributed by atoms with E-state index in [0.29, 0.717) is 38.5 Å². The third kappa shape index (κ3) is 6.70. The number of hydrogen-bond acceptors (Lipinski definition) is 4. The van der Waals surface area contributed by atoms with Crippen molar-refractivity contribution < 1.29 is 14.6 Å². The molecule has 0 aromatic heterocycles. The fourth-order valence-corrected chi connectivity index (χ4v) is 2.94. The summed E-state index contributed by atoms with van der Waals surface area (Å²) in [6.45, 7) is 11.2. The molecule has 1 saturated heterocycles. The molecule has 1 aromatic carbocycles. The zero-order valence-electron chi connectivity index (χ0n) is 17.2. The molecule has 0 aliphatic carbocycles. The normalized spacial score (nSPS) is 17.8. The largest absolute Gasteiger partial charge is 0.488 e.